The first-order valence-corrected chi connectivity index (χ1v) is 11.2. The number of amides is 1. The van der Waals surface area contributed by atoms with Crippen LogP contribution in [0.25, 0.3) is 10.8 Å². The van der Waals surface area contributed by atoms with Gasteiger partial charge in [-0.2, -0.15) is 5.10 Å². The number of carbonyl (C=O) groups is 1. The Bertz CT molecular complexity index is 1180. The van der Waals surface area contributed by atoms with E-state index < -0.39 is 0 Å². The summed E-state index contributed by atoms with van der Waals surface area (Å²) in [7, 11) is 0. The molecule has 0 bridgehead atoms. The summed E-state index contributed by atoms with van der Waals surface area (Å²) in [5, 5.41) is 8.57. The molecule has 0 spiro atoms. The molecule has 1 aliphatic rings. The van der Waals surface area contributed by atoms with E-state index in [-0.39, 0.29) is 23.8 Å². The van der Waals surface area contributed by atoms with E-state index in [1.807, 2.05) is 18.4 Å². The molecule has 3 aromatic rings. The van der Waals surface area contributed by atoms with Crippen molar-refractivity contribution in [1.29, 1.82) is 0 Å². The number of nitrogens with zero attached hydrogens (tertiary/aromatic N) is 4. The zero-order valence-electron chi connectivity index (χ0n) is 18.9. The first kappa shape index (κ1) is 22.2. The minimum Gasteiger partial charge on any atom is -0.353 e. The summed E-state index contributed by atoms with van der Waals surface area (Å²) in [6.45, 7) is 9.04. The van der Waals surface area contributed by atoms with Crippen LogP contribution < -0.4 is 10.9 Å². The smallest absolute Gasteiger partial charge is 0.276 e. The highest BCUT2D eigenvalue weighted by Crippen LogP contribution is 2.23. The molecular weight excluding hydrogens is 409 g/mol. The molecule has 0 aliphatic carbocycles. The Morgan fingerprint density at radius 3 is 2.69 bits per heavy atom. The van der Waals surface area contributed by atoms with E-state index in [2.05, 4.69) is 22.2 Å². The number of aromatic nitrogens is 3. The Morgan fingerprint density at radius 2 is 1.97 bits per heavy atom. The molecule has 32 heavy (non-hydrogen) atoms. The average Bonchev–Trinajstić information content (AvgIpc) is 3.34. The highest BCUT2D eigenvalue weighted by atomic mass is 19.1. The van der Waals surface area contributed by atoms with Crippen LogP contribution in [0.4, 0.5) is 4.39 Å². The van der Waals surface area contributed by atoms with E-state index in [4.69, 9.17) is 0 Å². The van der Waals surface area contributed by atoms with Gasteiger partial charge in [0.25, 0.3) is 5.56 Å². The summed E-state index contributed by atoms with van der Waals surface area (Å²) < 4.78 is 16.5. The number of halogens is 1. The van der Waals surface area contributed by atoms with Crippen molar-refractivity contribution in [2.75, 3.05) is 19.6 Å². The number of rotatable bonds is 7. The van der Waals surface area contributed by atoms with E-state index in [0.717, 1.165) is 48.3 Å². The molecule has 1 atom stereocenters. The number of aryl methyl sites for hydroxylation is 2. The number of likely N-dealkylation sites (N-methyl/N-ethyl adjacent to an activating group) is 1. The van der Waals surface area contributed by atoms with Gasteiger partial charge in [0.2, 0.25) is 5.91 Å². The number of hydrogen-bond acceptors (Lipinski definition) is 4. The fraction of sp³-hybridized carbons (Fsp3) is 0.458. The summed E-state index contributed by atoms with van der Waals surface area (Å²) in [6, 6.07) is 6.71. The Labute approximate surface area is 186 Å². The molecule has 0 radical (unpaired) electrons. The summed E-state index contributed by atoms with van der Waals surface area (Å²) >= 11 is 0. The standard InChI is InChI=1S/C24H30FN5O2/c1-4-28-11-5-6-20(28)12-26-22(31)15-30-24(32)23-17(3)29(16(2)21(23)13-27-30)14-18-7-9-19(25)10-8-18/h7-10,13,20H,4-6,11-12,14-15H2,1-3H3,(H,26,31)/t20-/m1/s1. The van der Waals surface area contributed by atoms with Gasteiger partial charge in [-0.3, -0.25) is 14.5 Å². The lowest BCUT2D eigenvalue weighted by Gasteiger charge is -2.22. The lowest BCUT2D eigenvalue weighted by molar-refractivity contribution is -0.122. The van der Waals surface area contributed by atoms with Crippen LogP contribution in [-0.2, 0) is 17.9 Å². The molecule has 1 N–H and O–H groups in total. The minimum absolute atomic E-state index is 0.102. The summed E-state index contributed by atoms with van der Waals surface area (Å²) in [5.41, 5.74) is 2.41. The highest BCUT2D eigenvalue weighted by molar-refractivity contribution is 5.87. The molecule has 1 amide bonds. The van der Waals surface area contributed by atoms with Gasteiger partial charge in [-0.05, 0) is 57.5 Å². The van der Waals surface area contributed by atoms with Crippen molar-refractivity contribution in [3.63, 3.8) is 0 Å². The van der Waals surface area contributed by atoms with Gasteiger partial charge in [0.1, 0.15) is 12.4 Å². The van der Waals surface area contributed by atoms with Crippen LogP contribution in [-0.4, -0.2) is 50.8 Å². The molecule has 7 nitrogen and oxygen atoms in total. The van der Waals surface area contributed by atoms with Crippen LogP contribution in [0.1, 0.15) is 36.7 Å². The fourth-order valence-corrected chi connectivity index (χ4v) is 4.73. The molecule has 3 heterocycles. The molecule has 1 fully saturated rings. The van der Waals surface area contributed by atoms with E-state index in [1.54, 1.807) is 18.3 Å². The third kappa shape index (κ3) is 4.32. The third-order valence-electron chi connectivity index (χ3n) is 6.59. The van der Waals surface area contributed by atoms with Gasteiger partial charge in [-0.25, -0.2) is 9.07 Å². The van der Waals surface area contributed by atoms with Gasteiger partial charge in [0.15, 0.2) is 0 Å². The van der Waals surface area contributed by atoms with Crippen LogP contribution in [0.3, 0.4) is 0 Å². The van der Waals surface area contributed by atoms with Gasteiger partial charge < -0.3 is 9.88 Å². The van der Waals surface area contributed by atoms with Crippen molar-refractivity contribution in [3.05, 3.63) is 63.6 Å². The van der Waals surface area contributed by atoms with Crippen LogP contribution in [0.15, 0.2) is 35.3 Å². The maximum Gasteiger partial charge on any atom is 0.276 e. The maximum absolute atomic E-state index is 13.2. The number of benzene rings is 1. The Morgan fingerprint density at radius 1 is 1.22 bits per heavy atom. The van der Waals surface area contributed by atoms with Gasteiger partial charge in [0.05, 0.1) is 11.6 Å². The second-order valence-corrected chi connectivity index (χ2v) is 8.51. The number of nitrogens with one attached hydrogen (secondary N) is 1. The summed E-state index contributed by atoms with van der Waals surface area (Å²) in [6.07, 6.45) is 3.89. The van der Waals surface area contributed by atoms with Crippen LogP contribution in [0.2, 0.25) is 0 Å². The second kappa shape index (κ2) is 9.24. The molecule has 1 aliphatic heterocycles. The van der Waals surface area contributed by atoms with Gasteiger partial charge >= 0.3 is 0 Å². The predicted molar refractivity (Wildman–Crippen MR) is 122 cm³/mol. The van der Waals surface area contributed by atoms with E-state index >= 15 is 0 Å². The van der Waals surface area contributed by atoms with Gasteiger partial charge in [-0.1, -0.05) is 19.1 Å². The van der Waals surface area contributed by atoms with Crippen molar-refractivity contribution >= 4 is 16.7 Å². The quantitative estimate of drug-likeness (QED) is 0.614. The minimum atomic E-state index is -0.277. The lowest BCUT2D eigenvalue weighted by Crippen LogP contribution is -2.42. The molecular formula is C24H30FN5O2. The molecule has 0 saturated carbocycles. The van der Waals surface area contributed by atoms with E-state index in [1.165, 1.54) is 16.8 Å². The van der Waals surface area contributed by atoms with Crippen molar-refractivity contribution in [1.82, 2.24) is 24.6 Å². The Kier molecular flexibility index (Phi) is 6.41. The number of fused-ring (bicyclic) bond motifs is 1. The third-order valence-corrected chi connectivity index (χ3v) is 6.59. The first-order chi connectivity index (χ1) is 15.4. The summed E-state index contributed by atoms with van der Waals surface area (Å²) in [5.74, 6) is -0.484. The number of likely N-dealkylation sites (tertiary alicyclic amines) is 1. The van der Waals surface area contributed by atoms with Crippen LogP contribution in [0, 0.1) is 19.7 Å². The van der Waals surface area contributed by atoms with Crippen molar-refractivity contribution in [3.8, 4) is 0 Å². The topological polar surface area (TPSA) is 72.2 Å². The van der Waals surface area contributed by atoms with E-state index in [9.17, 15) is 14.0 Å². The molecule has 170 valence electrons. The molecule has 2 aromatic heterocycles. The second-order valence-electron chi connectivity index (χ2n) is 8.51. The molecule has 0 unspecified atom stereocenters. The zero-order chi connectivity index (χ0) is 22.8. The normalized spacial score (nSPS) is 16.7. The Hall–Kier alpha value is -3.00. The number of carbonyl (C=O) groups excluding carboxylic acids is 1. The SMILES string of the molecule is CCN1CCC[C@@H]1CNC(=O)Cn1ncc2c(C)n(Cc3ccc(F)cc3)c(C)c2c1=O. The summed E-state index contributed by atoms with van der Waals surface area (Å²) in [4.78, 5) is 28.0. The fourth-order valence-electron chi connectivity index (χ4n) is 4.73. The molecule has 8 heteroatoms. The van der Waals surface area contributed by atoms with E-state index in [0.29, 0.717) is 24.5 Å². The van der Waals surface area contributed by atoms with Crippen molar-refractivity contribution in [2.45, 2.75) is 52.7 Å². The highest BCUT2D eigenvalue weighted by Gasteiger charge is 2.23. The zero-order valence-corrected chi connectivity index (χ0v) is 18.9. The predicted octanol–water partition coefficient (Wildman–Crippen LogP) is 2.60. The van der Waals surface area contributed by atoms with Gasteiger partial charge in [0, 0.05) is 35.9 Å². The molecule has 1 saturated heterocycles. The first-order valence-electron chi connectivity index (χ1n) is 11.2. The lowest BCUT2D eigenvalue weighted by atomic mass is 10.2. The van der Waals surface area contributed by atoms with Crippen LogP contribution >= 0.6 is 0 Å². The van der Waals surface area contributed by atoms with Crippen molar-refractivity contribution < 1.29 is 9.18 Å². The maximum atomic E-state index is 13.2. The van der Waals surface area contributed by atoms with Crippen LogP contribution in [0.5, 0.6) is 0 Å². The monoisotopic (exact) mass is 439 g/mol. The average molecular weight is 440 g/mol. The number of hydrogen-bond donors (Lipinski definition) is 1. The van der Waals surface area contributed by atoms with Gasteiger partial charge in [-0.15, -0.1) is 0 Å². The van der Waals surface area contributed by atoms with Crippen molar-refractivity contribution in [2.24, 2.45) is 0 Å². The molecule has 1 aromatic carbocycles. The Balaban J connectivity index is 1.53. The largest absolute Gasteiger partial charge is 0.353 e. The molecule has 4 rings (SSSR count).